The van der Waals surface area contributed by atoms with E-state index < -0.39 is 3.23 Å². The molecule has 0 bridgehead atoms. The lowest BCUT2D eigenvalue weighted by Gasteiger charge is -2.03. The summed E-state index contributed by atoms with van der Waals surface area (Å²) in [5, 5.41) is 0. The molecule has 3 nitrogen and oxygen atoms in total. The predicted molar refractivity (Wildman–Crippen MR) is 36.7 cm³/mol. The minimum absolute atomic E-state index is 0.0856. The molecule has 0 aromatic heterocycles. The van der Waals surface area contributed by atoms with E-state index >= 15 is 0 Å². The van der Waals surface area contributed by atoms with Gasteiger partial charge < -0.3 is 0 Å². The van der Waals surface area contributed by atoms with Crippen molar-refractivity contribution in [3.05, 3.63) is 0 Å². The standard InChI is InChI=1S/C3H4Br2N2O/c4-3(5)1-6-7-2(3)8/h6H,1H2,(H,7,8). The van der Waals surface area contributed by atoms with Gasteiger partial charge in [0.05, 0.1) is 0 Å². The second kappa shape index (κ2) is 1.97. The Morgan fingerprint density at radius 2 is 2.25 bits per heavy atom. The number of hydrogen-bond donors (Lipinski definition) is 2. The van der Waals surface area contributed by atoms with Gasteiger partial charge in [-0.2, -0.15) is 0 Å². The molecular formula is C3H4Br2N2O. The fraction of sp³-hybridized carbons (Fsp3) is 0.667. The fourth-order valence-corrected chi connectivity index (χ4v) is 0.886. The number of hydrazine groups is 1. The molecule has 0 radical (unpaired) electrons. The van der Waals surface area contributed by atoms with Crippen LogP contribution in [0.1, 0.15) is 0 Å². The first-order valence-electron chi connectivity index (χ1n) is 2.04. The predicted octanol–water partition coefficient (Wildman–Crippen LogP) is 0.107. The third kappa shape index (κ3) is 1.04. The highest BCUT2D eigenvalue weighted by Gasteiger charge is 2.36. The summed E-state index contributed by atoms with van der Waals surface area (Å²) in [7, 11) is 0. The molecular weight excluding hydrogens is 240 g/mol. The maximum Gasteiger partial charge on any atom is 0.263 e. The molecule has 1 aliphatic rings. The van der Waals surface area contributed by atoms with Crippen molar-refractivity contribution in [2.75, 3.05) is 6.54 Å². The van der Waals surface area contributed by atoms with Crippen LogP contribution in [-0.2, 0) is 4.79 Å². The average Bonchev–Trinajstić information content (AvgIpc) is 1.86. The van der Waals surface area contributed by atoms with E-state index in [1.165, 1.54) is 0 Å². The Morgan fingerprint density at radius 1 is 1.62 bits per heavy atom. The van der Waals surface area contributed by atoms with Gasteiger partial charge in [0.25, 0.3) is 5.91 Å². The molecule has 1 rings (SSSR count). The molecule has 1 saturated heterocycles. The maximum atomic E-state index is 10.6. The number of carbonyl (C=O) groups is 1. The van der Waals surface area contributed by atoms with Gasteiger partial charge >= 0.3 is 0 Å². The van der Waals surface area contributed by atoms with Gasteiger partial charge in [0.2, 0.25) is 0 Å². The Morgan fingerprint density at radius 3 is 2.38 bits per heavy atom. The molecule has 1 aliphatic heterocycles. The third-order valence-corrected chi connectivity index (χ3v) is 2.13. The molecule has 0 aromatic carbocycles. The number of amides is 1. The Kier molecular flexibility index (Phi) is 1.60. The topological polar surface area (TPSA) is 41.1 Å². The molecule has 1 amide bonds. The minimum Gasteiger partial charge on any atom is -0.289 e. The van der Waals surface area contributed by atoms with E-state index in [1.807, 2.05) is 0 Å². The molecule has 2 N–H and O–H groups in total. The van der Waals surface area contributed by atoms with Gasteiger partial charge in [-0.1, -0.05) is 31.9 Å². The molecule has 1 heterocycles. The highest BCUT2D eigenvalue weighted by molar-refractivity contribution is 9.26. The molecule has 5 heteroatoms. The lowest BCUT2D eigenvalue weighted by Crippen LogP contribution is -2.28. The normalized spacial score (nSPS) is 25.5. The summed E-state index contributed by atoms with van der Waals surface area (Å²) in [5.41, 5.74) is 5.10. The summed E-state index contributed by atoms with van der Waals surface area (Å²) in [4.78, 5) is 10.6. The van der Waals surface area contributed by atoms with Crippen LogP contribution >= 0.6 is 31.9 Å². The smallest absolute Gasteiger partial charge is 0.263 e. The second-order valence-electron chi connectivity index (χ2n) is 1.51. The summed E-state index contributed by atoms with van der Waals surface area (Å²) in [6.07, 6.45) is 0. The Bertz CT molecular complexity index is 124. The van der Waals surface area contributed by atoms with Crippen molar-refractivity contribution in [1.82, 2.24) is 10.9 Å². The molecule has 0 unspecified atom stereocenters. The van der Waals surface area contributed by atoms with Gasteiger partial charge in [-0.15, -0.1) is 0 Å². The molecule has 0 aliphatic carbocycles. The van der Waals surface area contributed by atoms with Crippen molar-refractivity contribution < 1.29 is 4.79 Å². The van der Waals surface area contributed by atoms with Crippen LogP contribution in [0, 0.1) is 0 Å². The fourth-order valence-electron chi connectivity index (χ4n) is 0.407. The summed E-state index contributed by atoms with van der Waals surface area (Å²) in [6, 6.07) is 0. The Hall–Kier alpha value is 0.390. The monoisotopic (exact) mass is 242 g/mol. The lowest BCUT2D eigenvalue weighted by atomic mass is 10.4. The summed E-state index contributed by atoms with van der Waals surface area (Å²) >= 11 is 6.30. The number of alkyl halides is 2. The Labute approximate surface area is 63.4 Å². The van der Waals surface area contributed by atoms with Crippen LogP contribution in [0.2, 0.25) is 0 Å². The summed E-state index contributed by atoms with van der Waals surface area (Å²) in [5.74, 6) is -0.0856. The average molecular weight is 244 g/mol. The zero-order valence-electron chi connectivity index (χ0n) is 3.87. The first-order valence-corrected chi connectivity index (χ1v) is 3.63. The van der Waals surface area contributed by atoms with Crippen LogP contribution in [0.4, 0.5) is 0 Å². The van der Waals surface area contributed by atoms with Gasteiger partial charge in [-0.05, 0) is 0 Å². The first-order chi connectivity index (χ1) is 3.63. The van der Waals surface area contributed by atoms with Crippen LogP contribution in [0.15, 0.2) is 0 Å². The van der Waals surface area contributed by atoms with E-state index in [0.717, 1.165) is 0 Å². The minimum atomic E-state index is -0.583. The van der Waals surface area contributed by atoms with Gasteiger partial charge in [0, 0.05) is 6.54 Å². The maximum absolute atomic E-state index is 10.6. The zero-order valence-corrected chi connectivity index (χ0v) is 7.04. The van der Waals surface area contributed by atoms with E-state index in [1.54, 1.807) is 0 Å². The molecule has 46 valence electrons. The van der Waals surface area contributed by atoms with Gasteiger partial charge in [-0.3, -0.25) is 10.2 Å². The van der Waals surface area contributed by atoms with Crippen molar-refractivity contribution in [3.63, 3.8) is 0 Å². The highest BCUT2D eigenvalue weighted by Crippen LogP contribution is 2.27. The number of nitrogens with one attached hydrogen (secondary N) is 2. The van der Waals surface area contributed by atoms with E-state index in [2.05, 4.69) is 42.7 Å². The zero-order chi connectivity index (χ0) is 6.20. The van der Waals surface area contributed by atoms with Crippen LogP contribution in [0.5, 0.6) is 0 Å². The number of hydrogen-bond acceptors (Lipinski definition) is 2. The molecule has 0 spiro atoms. The van der Waals surface area contributed by atoms with Gasteiger partial charge in [0.15, 0.2) is 3.23 Å². The van der Waals surface area contributed by atoms with Crippen LogP contribution in [-0.4, -0.2) is 15.7 Å². The number of rotatable bonds is 0. The van der Waals surface area contributed by atoms with Crippen LogP contribution in [0.3, 0.4) is 0 Å². The lowest BCUT2D eigenvalue weighted by molar-refractivity contribution is -0.119. The summed E-state index contributed by atoms with van der Waals surface area (Å²) in [6.45, 7) is 0.561. The third-order valence-electron chi connectivity index (χ3n) is 0.845. The van der Waals surface area contributed by atoms with Crippen molar-refractivity contribution in [1.29, 1.82) is 0 Å². The second-order valence-corrected chi connectivity index (χ2v) is 5.28. The van der Waals surface area contributed by atoms with Crippen LogP contribution < -0.4 is 10.9 Å². The molecule has 1 fully saturated rings. The molecule has 0 aromatic rings. The van der Waals surface area contributed by atoms with E-state index in [-0.39, 0.29) is 5.91 Å². The van der Waals surface area contributed by atoms with E-state index in [9.17, 15) is 4.79 Å². The highest BCUT2D eigenvalue weighted by atomic mass is 79.9. The summed E-state index contributed by atoms with van der Waals surface area (Å²) < 4.78 is -0.583. The molecule has 0 saturated carbocycles. The largest absolute Gasteiger partial charge is 0.289 e. The molecule has 0 atom stereocenters. The van der Waals surface area contributed by atoms with Gasteiger partial charge in [-0.25, -0.2) is 5.43 Å². The van der Waals surface area contributed by atoms with E-state index in [4.69, 9.17) is 0 Å². The van der Waals surface area contributed by atoms with Crippen molar-refractivity contribution in [3.8, 4) is 0 Å². The number of halogens is 2. The van der Waals surface area contributed by atoms with E-state index in [0.29, 0.717) is 6.54 Å². The van der Waals surface area contributed by atoms with Crippen molar-refractivity contribution in [2.24, 2.45) is 0 Å². The van der Waals surface area contributed by atoms with Crippen molar-refractivity contribution >= 4 is 37.8 Å². The first kappa shape index (κ1) is 6.51. The Balaban J connectivity index is 2.68. The van der Waals surface area contributed by atoms with Gasteiger partial charge in [0.1, 0.15) is 0 Å². The van der Waals surface area contributed by atoms with Crippen molar-refractivity contribution in [2.45, 2.75) is 3.23 Å². The van der Waals surface area contributed by atoms with Crippen LogP contribution in [0.25, 0.3) is 0 Å². The quantitative estimate of drug-likeness (QED) is 0.593. The molecule has 8 heavy (non-hydrogen) atoms. The SMILES string of the molecule is O=C1NNCC1(Br)Br. The number of carbonyl (C=O) groups excluding carboxylic acids is 1.